The fourth-order valence-electron chi connectivity index (χ4n) is 3.82. The summed E-state index contributed by atoms with van der Waals surface area (Å²) >= 11 is 0. The largest absolute Gasteiger partial charge is 0.355 e. The van der Waals surface area contributed by atoms with Gasteiger partial charge in [0.15, 0.2) is 0 Å². The molecular formula is C19H27FN4O2. The molecule has 0 aliphatic carbocycles. The van der Waals surface area contributed by atoms with Crippen LogP contribution >= 0.6 is 0 Å². The lowest BCUT2D eigenvalue weighted by molar-refractivity contribution is -0.119. The van der Waals surface area contributed by atoms with Gasteiger partial charge in [-0.3, -0.25) is 9.69 Å². The summed E-state index contributed by atoms with van der Waals surface area (Å²) in [5.74, 6) is -0.207. The standard InChI is InChI=1S/C19H27FN4O2/c1-14(2)22-18(26)24-8-7-23(10-15-3-5-16(20)6-4-15)12-19(13-24)9-17(25)21-11-19/h3-6,14H,7-13H2,1-2H3,(H,21,25)(H,22,26)/t19-/m1/s1. The average molecular weight is 362 g/mol. The summed E-state index contributed by atoms with van der Waals surface area (Å²) in [5, 5.41) is 5.88. The summed E-state index contributed by atoms with van der Waals surface area (Å²) in [6.07, 6.45) is 0.429. The maximum absolute atomic E-state index is 13.1. The van der Waals surface area contributed by atoms with Crippen LogP contribution in [0.25, 0.3) is 0 Å². The van der Waals surface area contributed by atoms with Gasteiger partial charge < -0.3 is 15.5 Å². The Bertz CT molecular complexity index is 664. The van der Waals surface area contributed by atoms with E-state index in [4.69, 9.17) is 0 Å². The lowest BCUT2D eigenvalue weighted by Crippen LogP contribution is -2.48. The number of carbonyl (C=O) groups is 2. The highest BCUT2D eigenvalue weighted by atomic mass is 19.1. The molecule has 26 heavy (non-hydrogen) atoms. The summed E-state index contributed by atoms with van der Waals surface area (Å²) in [5.41, 5.74) is 0.751. The Morgan fingerprint density at radius 2 is 2.00 bits per heavy atom. The van der Waals surface area contributed by atoms with Crippen LogP contribution in [-0.2, 0) is 11.3 Å². The fourth-order valence-corrected chi connectivity index (χ4v) is 3.82. The first kappa shape index (κ1) is 18.6. The summed E-state index contributed by atoms with van der Waals surface area (Å²) in [4.78, 5) is 28.5. The second-order valence-corrected chi connectivity index (χ2v) is 7.82. The average Bonchev–Trinajstić information content (AvgIpc) is 2.82. The normalized spacial score (nSPS) is 24.0. The number of benzene rings is 1. The molecule has 0 saturated carbocycles. The molecule has 2 heterocycles. The van der Waals surface area contributed by atoms with Crippen LogP contribution in [-0.4, -0.2) is 60.5 Å². The number of rotatable bonds is 3. The van der Waals surface area contributed by atoms with Crippen molar-refractivity contribution in [3.05, 3.63) is 35.6 Å². The fraction of sp³-hybridized carbons (Fsp3) is 0.579. The molecule has 2 N–H and O–H groups in total. The van der Waals surface area contributed by atoms with Crippen LogP contribution in [0.2, 0.25) is 0 Å². The van der Waals surface area contributed by atoms with Gasteiger partial charge in [-0.25, -0.2) is 9.18 Å². The molecule has 1 spiro atoms. The molecule has 1 atom stereocenters. The quantitative estimate of drug-likeness (QED) is 0.858. The maximum Gasteiger partial charge on any atom is 0.317 e. The van der Waals surface area contributed by atoms with E-state index in [1.165, 1.54) is 12.1 Å². The third-order valence-corrected chi connectivity index (χ3v) is 4.99. The molecule has 0 aromatic heterocycles. The molecule has 3 amide bonds. The highest BCUT2D eigenvalue weighted by Gasteiger charge is 2.43. The van der Waals surface area contributed by atoms with Crippen LogP contribution in [0.3, 0.4) is 0 Å². The van der Waals surface area contributed by atoms with E-state index in [1.54, 1.807) is 12.1 Å². The number of nitrogens with one attached hydrogen (secondary N) is 2. The smallest absolute Gasteiger partial charge is 0.317 e. The number of hydrogen-bond acceptors (Lipinski definition) is 3. The van der Waals surface area contributed by atoms with Crippen LogP contribution < -0.4 is 10.6 Å². The minimum atomic E-state index is -0.276. The van der Waals surface area contributed by atoms with Gasteiger partial charge in [0.2, 0.25) is 5.91 Å². The summed E-state index contributed by atoms with van der Waals surface area (Å²) < 4.78 is 13.1. The molecule has 2 saturated heterocycles. The van der Waals surface area contributed by atoms with E-state index in [2.05, 4.69) is 15.5 Å². The molecule has 2 aliphatic heterocycles. The first-order valence-corrected chi connectivity index (χ1v) is 9.14. The van der Waals surface area contributed by atoms with Crippen molar-refractivity contribution in [2.45, 2.75) is 32.9 Å². The van der Waals surface area contributed by atoms with E-state index >= 15 is 0 Å². The Kier molecular flexibility index (Phi) is 5.46. The van der Waals surface area contributed by atoms with E-state index in [1.807, 2.05) is 18.7 Å². The third-order valence-electron chi connectivity index (χ3n) is 4.99. The van der Waals surface area contributed by atoms with Crippen LogP contribution in [0, 0.1) is 11.2 Å². The first-order chi connectivity index (χ1) is 12.3. The van der Waals surface area contributed by atoms with E-state index in [-0.39, 0.29) is 29.2 Å². The van der Waals surface area contributed by atoms with Crippen molar-refractivity contribution in [1.29, 1.82) is 0 Å². The van der Waals surface area contributed by atoms with Crippen molar-refractivity contribution >= 4 is 11.9 Å². The highest BCUT2D eigenvalue weighted by Crippen LogP contribution is 2.31. The Morgan fingerprint density at radius 3 is 2.62 bits per heavy atom. The number of halogens is 1. The summed E-state index contributed by atoms with van der Waals surface area (Å²) in [6, 6.07) is 6.49. The molecule has 0 unspecified atom stereocenters. The zero-order chi connectivity index (χ0) is 18.7. The van der Waals surface area contributed by atoms with E-state index < -0.39 is 0 Å². The third kappa shape index (κ3) is 4.52. The second-order valence-electron chi connectivity index (χ2n) is 7.82. The van der Waals surface area contributed by atoms with Gasteiger partial charge in [-0.05, 0) is 31.5 Å². The summed E-state index contributed by atoms with van der Waals surface area (Å²) in [7, 11) is 0. The van der Waals surface area contributed by atoms with Crippen molar-refractivity contribution < 1.29 is 14.0 Å². The van der Waals surface area contributed by atoms with Gasteiger partial charge in [0.05, 0.1) is 0 Å². The molecule has 1 aromatic carbocycles. The van der Waals surface area contributed by atoms with E-state index in [9.17, 15) is 14.0 Å². The van der Waals surface area contributed by atoms with Gasteiger partial charge >= 0.3 is 6.03 Å². The number of carbonyl (C=O) groups excluding carboxylic acids is 2. The van der Waals surface area contributed by atoms with Gasteiger partial charge in [0, 0.05) is 57.1 Å². The molecule has 0 bridgehead atoms. The van der Waals surface area contributed by atoms with Crippen LogP contribution in [0.5, 0.6) is 0 Å². The van der Waals surface area contributed by atoms with Gasteiger partial charge in [-0.2, -0.15) is 0 Å². The maximum atomic E-state index is 13.1. The minimum absolute atomic E-state index is 0.0397. The predicted molar refractivity (Wildman–Crippen MR) is 97.0 cm³/mol. The van der Waals surface area contributed by atoms with Crippen molar-refractivity contribution in [3.8, 4) is 0 Å². The van der Waals surface area contributed by atoms with Crippen molar-refractivity contribution in [2.24, 2.45) is 5.41 Å². The molecule has 2 aliphatic rings. The molecule has 142 valence electrons. The molecule has 2 fully saturated rings. The van der Waals surface area contributed by atoms with Crippen LogP contribution in [0.15, 0.2) is 24.3 Å². The first-order valence-electron chi connectivity index (χ1n) is 9.14. The van der Waals surface area contributed by atoms with Crippen molar-refractivity contribution in [3.63, 3.8) is 0 Å². The molecular weight excluding hydrogens is 335 g/mol. The van der Waals surface area contributed by atoms with E-state index in [0.29, 0.717) is 32.6 Å². The van der Waals surface area contributed by atoms with Gasteiger partial charge in [0.1, 0.15) is 5.82 Å². The molecule has 3 rings (SSSR count). The number of nitrogens with zero attached hydrogens (tertiary/aromatic N) is 2. The van der Waals surface area contributed by atoms with Gasteiger partial charge in [-0.1, -0.05) is 12.1 Å². The summed E-state index contributed by atoms with van der Waals surface area (Å²) in [6.45, 7) is 7.75. The molecule has 1 aromatic rings. The van der Waals surface area contributed by atoms with Crippen molar-refractivity contribution in [2.75, 3.05) is 32.7 Å². The van der Waals surface area contributed by atoms with Crippen molar-refractivity contribution in [1.82, 2.24) is 20.4 Å². The van der Waals surface area contributed by atoms with E-state index in [0.717, 1.165) is 18.7 Å². The topological polar surface area (TPSA) is 64.7 Å². The predicted octanol–water partition coefficient (Wildman–Crippen LogP) is 1.57. The Labute approximate surface area is 153 Å². The highest BCUT2D eigenvalue weighted by molar-refractivity contribution is 5.80. The Balaban J connectivity index is 1.75. The zero-order valence-corrected chi connectivity index (χ0v) is 15.4. The Morgan fingerprint density at radius 1 is 1.27 bits per heavy atom. The number of amides is 3. The number of urea groups is 1. The second kappa shape index (κ2) is 7.61. The Hall–Kier alpha value is -2.15. The lowest BCUT2D eigenvalue weighted by atomic mass is 9.86. The minimum Gasteiger partial charge on any atom is -0.355 e. The SMILES string of the molecule is CC(C)NC(=O)N1CCN(Cc2ccc(F)cc2)C[C@@]2(CNC(=O)C2)C1. The lowest BCUT2D eigenvalue weighted by Gasteiger charge is -2.33. The number of hydrogen-bond donors (Lipinski definition) is 2. The molecule has 6 nitrogen and oxygen atoms in total. The zero-order valence-electron chi connectivity index (χ0n) is 15.4. The van der Waals surface area contributed by atoms with Gasteiger partial charge in [-0.15, -0.1) is 0 Å². The monoisotopic (exact) mass is 362 g/mol. The molecule has 0 radical (unpaired) electrons. The van der Waals surface area contributed by atoms with Crippen LogP contribution in [0.1, 0.15) is 25.8 Å². The van der Waals surface area contributed by atoms with Gasteiger partial charge in [0.25, 0.3) is 0 Å². The molecule has 7 heteroatoms. The van der Waals surface area contributed by atoms with Crippen LogP contribution in [0.4, 0.5) is 9.18 Å².